The molecule has 5 heteroatoms. The molecule has 0 saturated carbocycles. The zero-order chi connectivity index (χ0) is 15.1. The Hall–Kier alpha value is -1.88. The molecule has 2 rings (SSSR count). The maximum atomic E-state index is 12.1. The Balaban J connectivity index is 1.75. The van der Waals surface area contributed by atoms with Crippen LogP contribution in [-0.4, -0.2) is 49.1 Å². The van der Waals surface area contributed by atoms with E-state index >= 15 is 0 Å². The van der Waals surface area contributed by atoms with E-state index in [0.717, 1.165) is 6.42 Å². The first-order chi connectivity index (χ1) is 10.2. The van der Waals surface area contributed by atoms with Crippen LogP contribution < -0.4 is 5.32 Å². The third-order valence-corrected chi connectivity index (χ3v) is 3.64. The number of carbonyl (C=O) groups is 2. The molecule has 1 aliphatic heterocycles. The molecule has 0 aromatic heterocycles. The second kappa shape index (κ2) is 7.78. The molecule has 21 heavy (non-hydrogen) atoms. The average Bonchev–Trinajstić information content (AvgIpc) is 2.52. The van der Waals surface area contributed by atoms with E-state index in [1.54, 1.807) is 4.90 Å². The highest BCUT2D eigenvalue weighted by molar-refractivity contribution is 5.89. The predicted molar refractivity (Wildman–Crippen MR) is 79.8 cm³/mol. The summed E-state index contributed by atoms with van der Waals surface area (Å²) in [4.78, 5) is 25.5. The number of hydrogen-bond donors (Lipinski definition) is 1. The Morgan fingerprint density at radius 1 is 1.38 bits per heavy atom. The summed E-state index contributed by atoms with van der Waals surface area (Å²) in [5, 5.41) is 2.78. The molecule has 114 valence electrons. The van der Waals surface area contributed by atoms with Gasteiger partial charge in [0.25, 0.3) is 0 Å². The van der Waals surface area contributed by atoms with E-state index in [4.69, 9.17) is 4.74 Å². The molecule has 0 aliphatic carbocycles. The summed E-state index contributed by atoms with van der Waals surface area (Å²) in [5.41, 5.74) is 1.19. The fraction of sp³-hybridized carbons (Fsp3) is 0.500. The molecule has 2 amide bonds. The first-order valence-corrected chi connectivity index (χ1v) is 7.41. The van der Waals surface area contributed by atoms with E-state index in [1.807, 2.05) is 37.3 Å². The molecule has 1 atom stereocenters. The molecule has 1 aromatic carbocycles. The van der Waals surface area contributed by atoms with Gasteiger partial charge in [0.2, 0.25) is 11.8 Å². The SMILES string of the molecule is CCC1C(=O)NCCN1C(=O)COCCc1ccccc1. The summed E-state index contributed by atoms with van der Waals surface area (Å²) in [6.07, 6.45) is 1.41. The highest BCUT2D eigenvalue weighted by Gasteiger charge is 2.31. The van der Waals surface area contributed by atoms with Crippen molar-refractivity contribution >= 4 is 11.8 Å². The summed E-state index contributed by atoms with van der Waals surface area (Å²) in [6, 6.07) is 9.65. The van der Waals surface area contributed by atoms with Crippen LogP contribution in [0.2, 0.25) is 0 Å². The van der Waals surface area contributed by atoms with E-state index in [9.17, 15) is 9.59 Å². The van der Waals surface area contributed by atoms with Gasteiger partial charge in [0.1, 0.15) is 12.6 Å². The zero-order valence-electron chi connectivity index (χ0n) is 12.4. The van der Waals surface area contributed by atoms with Crippen molar-refractivity contribution < 1.29 is 14.3 Å². The summed E-state index contributed by atoms with van der Waals surface area (Å²) >= 11 is 0. The Bertz CT molecular complexity index is 476. The fourth-order valence-corrected chi connectivity index (χ4v) is 2.50. The van der Waals surface area contributed by atoms with Crippen molar-refractivity contribution in [2.75, 3.05) is 26.3 Å². The van der Waals surface area contributed by atoms with Gasteiger partial charge in [-0.3, -0.25) is 9.59 Å². The second-order valence-corrected chi connectivity index (χ2v) is 5.09. The van der Waals surface area contributed by atoms with Crippen LogP contribution in [0.3, 0.4) is 0 Å². The van der Waals surface area contributed by atoms with Gasteiger partial charge in [0, 0.05) is 13.1 Å². The van der Waals surface area contributed by atoms with Gasteiger partial charge in [0.05, 0.1) is 6.61 Å². The van der Waals surface area contributed by atoms with Gasteiger partial charge in [-0.25, -0.2) is 0 Å². The summed E-state index contributed by atoms with van der Waals surface area (Å²) in [5.74, 6) is -0.175. The molecule has 0 bridgehead atoms. The number of rotatable bonds is 6. The number of hydrogen-bond acceptors (Lipinski definition) is 3. The second-order valence-electron chi connectivity index (χ2n) is 5.09. The largest absolute Gasteiger partial charge is 0.371 e. The van der Waals surface area contributed by atoms with Gasteiger partial charge in [-0.1, -0.05) is 37.3 Å². The van der Waals surface area contributed by atoms with Gasteiger partial charge >= 0.3 is 0 Å². The Morgan fingerprint density at radius 3 is 2.86 bits per heavy atom. The van der Waals surface area contributed by atoms with Crippen LogP contribution in [-0.2, 0) is 20.7 Å². The molecule has 1 heterocycles. The molecular formula is C16H22N2O3. The van der Waals surface area contributed by atoms with Crippen LogP contribution in [0, 0.1) is 0 Å². The highest BCUT2D eigenvalue weighted by Crippen LogP contribution is 2.09. The Labute approximate surface area is 125 Å². The maximum absolute atomic E-state index is 12.1. The lowest BCUT2D eigenvalue weighted by Crippen LogP contribution is -2.57. The minimum atomic E-state index is -0.357. The van der Waals surface area contributed by atoms with E-state index < -0.39 is 0 Å². The molecule has 0 radical (unpaired) electrons. The van der Waals surface area contributed by atoms with Crippen LogP contribution in [0.4, 0.5) is 0 Å². The van der Waals surface area contributed by atoms with Gasteiger partial charge in [-0.2, -0.15) is 0 Å². The van der Waals surface area contributed by atoms with Crippen molar-refractivity contribution in [2.24, 2.45) is 0 Å². The molecule has 1 saturated heterocycles. The third-order valence-electron chi connectivity index (χ3n) is 3.64. The molecule has 1 fully saturated rings. The molecule has 1 N–H and O–H groups in total. The number of nitrogens with zero attached hydrogens (tertiary/aromatic N) is 1. The lowest BCUT2D eigenvalue weighted by Gasteiger charge is -2.34. The van der Waals surface area contributed by atoms with Gasteiger partial charge in [0.15, 0.2) is 0 Å². The van der Waals surface area contributed by atoms with E-state index in [-0.39, 0.29) is 24.5 Å². The minimum absolute atomic E-state index is 0.0383. The van der Waals surface area contributed by atoms with E-state index in [1.165, 1.54) is 5.56 Å². The molecule has 1 unspecified atom stereocenters. The van der Waals surface area contributed by atoms with Crippen molar-refractivity contribution in [1.82, 2.24) is 10.2 Å². The van der Waals surface area contributed by atoms with Crippen LogP contribution in [0.25, 0.3) is 0 Å². The smallest absolute Gasteiger partial charge is 0.249 e. The first kappa shape index (κ1) is 15.5. The first-order valence-electron chi connectivity index (χ1n) is 7.41. The van der Waals surface area contributed by atoms with Crippen LogP contribution in [0.15, 0.2) is 30.3 Å². The molecule has 1 aromatic rings. The number of amides is 2. The average molecular weight is 290 g/mol. The standard InChI is InChI=1S/C16H22N2O3/c1-2-14-16(20)17-9-10-18(14)15(19)12-21-11-8-13-6-4-3-5-7-13/h3-7,14H,2,8-12H2,1H3,(H,17,20). The van der Waals surface area contributed by atoms with Crippen molar-refractivity contribution in [2.45, 2.75) is 25.8 Å². The lowest BCUT2D eigenvalue weighted by atomic mass is 10.1. The van der Waals surface area contributed by atoms with Crippen LogP contribution in [0.5, 0.6) is 0 Å². The highest BCUT2D eigenvalue weighted by atomic mass is 16.5. The minimum Gasteiger partial charge on any atom is -0.371 e. The Morgan fingerprint density at radius 2 is 2.14 bits per heavy atom. The number of nitrogens with one attached hydrogen (secondary N) is 1. The van der Waals surface area contributed by atoms with Gasteiger partial charge in [-0.15, -0.1) is 0 Å². The number of piperazine rings is 1. The number of benzene rings is 1. The number of ether oxygens (including phenoxy) is 1. The normalized spacial score (nSPS) is 18.4. The van der Waals surface area contributed by atoms with Gasteiger partial charge < -0.3 is 15.0 Å². The quantitative estimate of drug-likeness (QED) is 0.795. The topological polar surface area (TPSA) is 58.6 Å². The van der Waals surface area contributed by atoms with E-state index in [0.29, 0.717) is 26.1 Å². The summed E-state index contributed by atoms with van der Waals surface area (Å²) in [6.45, 7) is 3.53. The van der Waals surface area contributed by atoms with Crippen molar-refractivity contribution in [3.63, 3.8) is 0 Å². The Kier molecular flexibility index (Phi) is 5.75. The fourth-order valence-electron chi connectivity index (χ4n) is 2.50. The van der Waals surface area contributed by atoms with Crippen LogP contribution >= 0.6 is 0 Å². The van der Waals surface area contributed by atoms with Crippen molar-refractivity contribution in [1.29, 1.82) is 0 Å². The lowest BCUT2D eigenvalue weighted by molar-refractivity contribution is -0.146. The van der Waals surface area contributed by atoms with E-state index in [2.05, 4.69) is 5.32 Å². The monoisotopic (exact) mass is 290 g/mol. The van der Waals surface area contributed by atoms with Gasteiger partial charge in [-0.05, 0) is 18.4 Å². The maximum Gasteiger partial charge on any atom is 0.249 e. The molecular weight excluding hydrogens is 268 g/mol. The molecule has 0 spiro atoms. The summed E-state index contributed by atoms with van der Waals surface area (Å²) < 4.78 is 5.46. The molecule has 5 nitrogen and oxygen atoms in total. The third kappa shape index (κ3) is 4.29. The van der Waals surface area contributed by atoms with Crippen LogP contribution in [0.1, 0.15) is 18.9 Å². The predicted octanol–water partition coefficient (Wildman–Crippen LogP) is 0.983. The zero-order valence-corrected chi connectivity index (χ0v) is 12.4. The number of carbonyl (C=O) groups excluding carboxylic acids is 2. The molecule has 1 aliphatic rings. The van der Waals surface area contributed by atoms with Crippen molar-refractivity contribution in [3.8, 4) is 0 Å². The van der Waals surface area contributed by atoms with Crippen molar-refractivity contribution in [3.05, 3.63) is 35.9 Å². The summed E-state index contributed by atoms with van der Waals surface area (Å²) in [7, 11) is 0.